The molecule has 2 rings (SSSR count). The van der Waals surface area contributed by atoms with Crippen molar-refractivity contribution in [2.45, 2.75) is 59.0 Å². The van der Waals surface area contributed by atoms with Crippen LogP contribution in [0.1, 0.15) is 58.9 Å². The van der Waals surface area contributed by atoms with Crippen molar-refractivity contribution in [2.75, 3.05) is 18.4 Å². The van der Waals surface area contributed by atoms with E-state index < -0.39 is 11.8 Å². The molecule has 0 unspecified atom stereocenters. The molecule has 148 valence electrons. The van der Waals surface area contributed by atoms with Gasteiger partial charge in [-0.05, 0) is 64.4 Å². The van der Waals surface area contributed by atoms with Crippen LogP contribution in [0.15, 0.2) is 30.0 Å². The summed E-state index contributed by atoms with van der Waals surface area (Å²) in [6, 6.07) is 7.85. The number of likely N-dealkylation sites (tertiary alicyclic amines) is 1. The van der Waals surface area contributed by atoms with Crippen LogP contribution in [0.4, 0.5) is 10.5 Å². The van der Waals surface area contributed by atoms with Crippen LogP contribution in [-0.2, 0) is 9.47 Å². The van der Waals surface area contributed by atoms with Gasteiger partial charge in [-0.15, -0.1) is 0 Å². The molecular weight excluding hydrogens is 360 g/mol. The number of hydrogen-bond acceptors (Lipinski definition) is 4. The summed E-state index contributed by atoms with van der Waals surface area (Å²) in [5, 5.41) is 4.08. The quantitative estimate of drug-likeness (QED) is 0.412. The molecule has 0 spiro atoms. The summed E-state index contributed by atoms with van der Waals surface area (Å²) in [6.07, 6.45) is 5.35. The zero-order chi connectivity index (χ0) is 19.9. The Kier molecular flexibility index (Phi) is 7.66. The first-order valence-corrected chi connectivity index (χ1v) is 9.95. The van der Waals surface area contributed by atoms with E-state index in [1.165, 1.54) is 19.3 Å². The van der Waals surface area contributed by atoms with Crippen molar-refractivity contribution in [3.05, 3.63) is 35.6 Å². The van der Waals surface area contributed by atoms with Crippen molar-refractivity contribution in [1.29, 1.82) is 0 Å². The second-order valence-electron chi connectivity index (χ2n) is 7.60. The van der Waals surface area contributed by atoms with Gasteiger partial charge >= 0.3 is 6.16 Å². The van der Waals surface area contributed by atoms with E-state index in [1.807, 2.05) is 58.0 Å². The number of para-hydroxylation sites is 1. The van der Waals surface area contributed by atoms with E-state index in [9.17, 15) is 4.79 Å². The molecule has 1 N–H and O–H groups in total. The van der Waals surface area contributed by atoms with Gasteiger partial charge < -0.3 is 19.7 Å². The van der Waals surface area contributed by atoms with E-state index in [0.29, 0.717) is 12.2 Å². The second-order valence-corrected chi connectivity index (χ2v) is 7.98. The number of hydrogen-bond donors (Lipinski definition) is 1. The standard InChI is InChI=1S/C21H30N2O3S/c1-5-17(25-20(24)26-21(2,3)4)15-16-11-7-8-12-18(16)22-19(27)23-13-9-6-10-14-23/h7-8,11-12,15H,5-6,9-10,13-14H2,1-4H3,(H,22,27)/b17-15-. The molecule has 0 atom stereocenters. The van der Waals surface area contributed by atoms with Crippen LogP contribution in [0.2, 0.25) is 0 Å². The number of nitrogens with zero attached hydrogens (tertiary/aromatic N) is 1. The molecule has 0 amide bonds. The second kappa shape index (κ2) is 9.74. The van der Waals surface area contributed by atoms with E-state index in [0.717, 1.165) is 29.5 Å². The third-order valence-corrected chi connectivity index (χ3v) is 4.47. The first kappa shape index (κ1) is 21.2. The zero-order valence-corrected chi connectivity index (χ0v) is 17.5. The third-order valence-electron chi connectivity index (χ3n) is 4.11. The van der Waals surface area contributed by atoms with Gasteiger partial charge in [0, 0.05) is 30.8 Å². The monoisotopic (exact) mass is 390 g/mol. The van der Waals surface area contributed by atoms with Crippen LogP contribution < -0.4 is 5.32 Å². The van der Waals surface area contributed by atoms with Crippen molar-refractivity contribution in [3.63, 3.8) is 0 Å². The van der Waals surface area contributed by atoms with E-state index in [1.54, 1.807) is 0 Å². The van der Waals surface area contributed by atoms with Gasteiger partial charge in [0.05, 0.1) is 0 Å². The summed E-state index contributed by atoms with van der Waals surface area (Å²) in [7, 11) is 0. The molecule has 0 aliphatic carbocycles. The Hall–Kier alpha value is -2.08. The lowest BCUT2D eigenvalue weighted by Gasteiger charge is -2.29. The van der Waals surface area contributed by atoms with Crippen molar-refractivity contribution < 1.29 is 14.3 Å². The average molecular weight is 391 g/mol. The summed E-state index contributed by atoms with van der Waals surface area (Å²) in [5.74, 6) is 0.544. The van der Waals surface area contributed by atoms with Crippen LogP contribution in [0.5, 0.6) is 0 Å². The SMILES string of the molecule is CC/C(=C/c1ccccc1NC(=S)N1CCCCC1)OC(=O)OC(C)(C)C. The number of nitrogens with one attached hydrogen (secondary N) is 1. The van der Waals surface area contributed by atoms with Gasteiger partial charge in [0.1, 0.15) is 11.4 Å². The molecule has 1 fully saturated rings. The molecule has 27 heavy (non-hydrogen) atoms. The fraction of sp³-hybridized carbons (Fsp3) is 0.524. The number of thiocarbonyl (C=S) groups is 1. The molecule has 1 aliphatic rings. The summed E-state index contributed by atoms with van der Waals surface area (Å²) in [4.78, 5) is 14.2. The average Bonchev–Trinajstić information content (AvgIpc) is 2.61. The minimum Gasteiger partial charge on any atom is -0.428 e. The highest BCUT2D eigenvalue weighted by molar-refractivity contribution is 7.80. The number of carbonyl (C=O) groups is 1. The Morgan fingerprint density at radius 3 is 2.52 bits per heavy atom. The Morgan fingerprint density at radius 2 is 1.89 bits per heavy atom. The Balaban J connectivity index is 2.11. The summed E-state index contributed by atoms with van der Waals surface area (Å²) in [6.45, 7) is 9.35. The smallest absolute Gasteiger partial charge is 0.428 e. The molecule has 0 bridgehead atoms. The van der Waals surface area contributed by atoms with Crippen LogP contribution >= 0.6 is 12.2 Å². The molecule has 6 heteroatoms. The van der Waals surface area contributed by atoms with E-state index in [4.69, 9.17) is 21.7 Å². The van der Waals surface area contributed by atoms with E-state index in [-0.39, 0.29) is 0 Å². The fourth-order valence-corrected chi connectivity index (χ4v) is 3.08. The molecule has 1 heterocycles. The zero-order valence-electron chi connectivity index (χ0n) is 16.7. The molecule has 1 aliphatic heterocycles. The van der Waals surface area contributed by atoms with Crippen molar-refractivity contribution in [2.24, 2.45) is 0 Å². The number of rotatable bonds is 4. The molecule has 0 radical (unpaired) electrons. The first-order chi connectivity index (χ1) is 12.8. The maximum atomic E-state index is 12.0. The maximum Gasteiger partial charge on any atom is 0.514 e. The van der Waals surface area contributed by atoms with Crippen LogP contribution in [0.3, 0.4) is 0 Å². The molecular formula is C21H30N2O3S. The number of allylic oxidation sites excluding steroid dienone is 1. The number of ether oxygens (including phenoxy) is 2. The first-order valence-electron chi connectivity index (χ1n) is 9.55. The predicted molar refractivity (Wildman–Crippen MR) is 114 cm³/mol. The van der Waals surface area contributed by atoms with Crippen LogP contribution in [-0.4, -0.2) is 34.9 Å². The van der Waals surface area contributed by atoms with Gasteiger partial charge in [-0.1, -0.05) is 25.1 Å². The number of benzene rings is 1. The lowest BCUT2D eigenvalue weighted by atomic mass is 10.1. The highest BCUT2D eigenvalue weighted by atomic mass is 32.1. The van der Waals surface area contributed by atoms with Gasteiger partial charge in [0.2, 0.25) is 0 Å². The summed E-state index contributed by atoms with van der Waals surface area (Å²) in [5.41, 5.74) is 1.22. The molecule has 1 aromatic carbocycles. The van der Waals surface area contributed by atoms with E-state index >= 15 is 0 Å². The normalized spacial score (nSPS) is 15.3. The maximum absolute atomic E-state index is 12.0. The minimum absolute atomic E-state index is 0.544. The summed E-state index contributed by atoms with van der Waals surface area (Å²) >= 11 is 5.58. The Bertz CT molecular complexity index is 689. The molecule has 1 saturated heterocycles. The van der Waals surface area contributed by atoms with Crippen molar-refractivity contribution in [1.82, 2.24) is 4.90 Å². The number of piperidine rings is 1. The molecule has 1 aromatic rings. The highest BCUT2D eigenvalue weighted by Crippen LogP contribution is 2.22. The third kappa shape index (κ3) is 7.21. The van der Waals surface area contributed by atoms with E-state index in [2.05, 4.69) is 10.2 Å². The predicted octanol–water partition coefficient (Wildman–Crippen LogP) is 5.57. The fourth-order valence-electron chi connectivity index (χ4n) is 2.78. The minimum atomic E-state index is -0.690. The molecule has 0 aromatic heterocycles. The lowest BCUT2D eigenvalue weighted by Crippen LogP contribution is -2.38. The Morgan fingerprint density at radius 1 is 1.22 bits per heavy atom. The molecule has 5 nitrogen and oxygen atoms in total. The van der Waals surface area contributed by atoms with Crippen molar-refractivity contribution in [3.8, 4) is 0 Å². The van der Waals surface area contributed by atoms with Gasteiger partial charge in [-0.25, -0.2) is 4.79 Å². The number of anilines is 1. The van der Waals surface area contributed by atoms with Gasteiger partial charge in [-0.2, -0.15) is 0 Å². The van der Waals surface area contributed by atoms with Crippen LogP contribution in [0, 0.1) is 0 Å². The largest absolute Gasteiger partial charge is 0.514 e. The van der Waals surface area contributed by atoms with Crippen LogP contribution in [0.25, 0.3) is 6.08 Å². The van der Waals surface area contributed by atoms with Gasteiger partial charge in [0.25, 0.3) is 0 Å². The lowest BCUT2D eigenvalue weighted by molar-refractivity contribution is 0.00597. The van der Waals surface area contributed by atoms with Crippen molar-refractivity contribution >= 4 is 35.2 Å². The molecule has 0 saturated carbocycles. The number of carbonyl (C=O) groups excluding carboxylic acids is 1. The highest BCUT2D eigenvalue weighted by Gasteiger charge is 2.19. The van der Waals surface area contributed by atoms with Gasteiger partial charge in [0.15, 0.2) is 5.11 Å². The Labute approximate surface area is 167 Å². The topological polar surface area (TPSA) is 50.8 Å². The van der Waals surface area contributed by atoms with Gasteiger partial charge in [-0.3, -0.25) is 0 Å². The summed E-state index contributed by atoms with van der Waals surface area (Å²) < 4.78 is 10.6.